The van der Waals surface area contributed by atoms with Crippen LogP contribution in [0.4, 0.5) is 23.7 Å². The van der Waals surface area contributed by atoms with Crippen molar-refractivity contribution in [1.82, 2.24) is 9.97 Å². The Morgan fingerprint density at radius 1 is 0.946 bits per heavy atom. The lowest BCUT2D eigenvalue weighted by Crippen LogP contribution is -2.16. The van der Waals surface area contributed by atoms with Crippen molar-refractivity contribution in [3.05, 3.63) is 78.1 Å². The summed E-state index contributed by atoms with van der Waals surface area (Å²) < 4.78 is 60.6. The monoisotopic (exact) mass is 513 g/mol. The van der Waals surface area contributed by atoms with Crippen LogP contribution in [0.15, 0.2) is 67.0 Å². The molecule has 0 aliphatic carbocycles. The third-order valence-corrected chi connectivity index (χ3v) is 5.39. The summed E-state index contributed by atoms with van der Waals surface area (Å²) in [6, 6.07) is 14.4. The third kappa shape index (κ3) is 6.00. The highest BCUT2D eigenvalue weighted by molar-refractivity contribution is 5.87. The van der Waals surface area contributed by atoms with Gasteiger partial charge in [-0.3, -0.25) is 5.32 Å². The molecule has 1 amide bonds. The van der Waals surface area contributed by atoms with E-state index < -0.39 is 23.9 Å². The number of alkyl halides is 3. The minimum Gasteiger partial charge on any atom is -0.493 e. The maximum absolute atomic E-state index is 12.9. The topological polar surface area (TPSA) is 91.8 Å². The Hall–Kier alpha value is -4.54. The van der Waals surface area contributed by atoms with Crippen LogP contribution in [0.1, 0.15) is 24.2 Å². The zero-order chi connectivity index (χ0) is 26.6. The molecule has 1 atom stereocenters. The lowest BCUT2D eigenvalue weighted by atomic mass is 10.1. The number of fused-ring (bicyclic) bond motifs is 1. The summed E-state index contributed by atoms with van der Waals surface area (Å²) in [6.07, 6.45) is -4.84. The number of nitrogens with one attached hydrogen (secondary N) is 1. The number of benzene rings is 3. The fraction of sp³-hybridized carbons (Fsp3) is 0.192. The largest absolute Gasteiger partial charge is 0.493 e. The molecule has 1 N–H and O–H groups in total. The first-order chi connectivity index (χ1) is 17.7. The molecule has 11 heteroatoms. The average molecular weight is 513 g/mol. The van der Waals surface area contributed by atoms with Gasteiger partial charge in [-0.25, -0.2) is 14.8 Å². The van der Waals surface area contributed by atoms with Crippen LogP contribution >= 0.6 is 0 Å². The Balaban J connectivity index is 1.42. The number of nitrogens with zero attached hydrogens (tertiary/aromatic N) is 2. The van der Waals surface area contributed by atoms with E-state index in [0.717, 1.165) is 12.1 Å². The number of amides is 1. The van der Waals surface area contributed by atoms with E-state index in [9.17, 15) is 18.0 Å². The number of anilines is 1. The molecule has 0 aliphatic rings. The number of halogens is 3. The average Bonchev–Trinajstić information content (AvgIpc) is 2.88. The molecule has 8 nitrogen and oxygen atoms in total. The Morgan fingerprint density at radius 2 is 1.65 bits per heavy atom. The fourth-order valence-corrected chi connectivity index (χ4v) is 3.50. The molecule has 4 aromatic rings. The molecular formula is C26H22F3N3O5. The molecule has 0 radical (unpaired) electrons. The van der Waals surface area contributed by atoms with E-state index in [-0.39, 0.29) is 5.56 Å². The molecule has 0 fully saturated rings. The molecule has 0 saturated heterocycles. The third-order valence-electron chi connectivity index (χ3n) is 5.39. The summed E-state index contributed by atoms with van der Waals surface area (Å²) in [5, 5.41) is 3.15. The molecule has 37 heavy (non-hydrogen) atoms. The second-order valence-corrected chi connectivity index (χ2v) is 7.83. The smallest absolute Gasteiger partial charge is 0.416 e. The predicted octanol–water partition coefficient (Wildman–Crippen LogP) is 6.77. The van der Waals surface area contributed by atoms with Crippen molar-refractivity contribution in [2.24, 2.45) is 0 Å². The molecule has 0 aliphatic heterocycles. The number of carbonyl (C=O) groups excluding carboxylic acids is 1. The minimum atomic E-state index is -4.49. The van der Waals surface area contributed by atoms with Gasteiger partial charge in [-0.1, -0.05) is 12.1 Å². The maximum Gasteiger partial charge on any atom is 0.416 e. The van der Waals surface area contributed by atoms with E-state index in [2.05, 4.69) is 15.3 Å². The quantitative estimate of drug-likeness (QED) is 0.292. The molecule has 0 spiro atoms. The van der Waals surface area contributed by atoms with Gasteiger partial charge >= 0.3 is 12.3 Å². The first-order valence-electron chi connectivity index (χ1n) is 11.0. The summed E-state index contributed by atoms with van der Waals surface area (Å²) in [7, 11) is 3.05. The Morgan fingerprint density at radius 3 is 2.32 bits per heavy atom. The van der Waals surface area contributed by atoms with Crippen LogP contribution in [0.25, 0.3) is 10.9 Å². The van der Waals surface area contributed by atoms with Crippen LogP contribution < -0.4 is 19.5 Å². The van der Waals surface area contributed by atoms with Crippen molar-refractivity contribution < 1.29 is 36.9 Å². The van der Waals surface area contributed by atoms with Crippen LogP contribution in [-0.4, -0.2) is 30.3 Å². The number of aromatic nitrogens is 2. The van der Waals surface area contributed by atoms with Gasteiger partial charge in [-0.05, 0) is 55.0 Å². The van der Waals surface area contributed by atoms with Crippen LogP contribution in [-0.2, 0) is 10.9 Å². The Bertz CT molecular complexity index is 1410. The lowest BCUT2D eigenvalue weighted by molar-refractivity contribution is -0.137. The summed E-state index contributed by atoms with van der Waals surface area (Å²) in [6.45, 7) is 1.49. The van der Waals surface area contributed by atoms with E-state index in [1.54, 1.807) is 36.4 Å². The lowest BCUT2D eigenvalue weighted by Gasteiger charge is -2.16. The van der Waals surface area contributed by atoms with E-state index in [0.29, 0.717) is 39.7 Å². The summed E-state index contributed by atoms with van der Waals surface area (Å²) in [5.41, 5.74) is 0.400. The standard InChI is InChI=1S/C26H22F3N3O5/c1-15(16-5-4-6-17(11-16)26(27,28)29)36-25(33)32-18-7-9-19(10-8-18)37-24-20-12-22(34-2)23(35-3)13-21(20)30-14-31-24/h4-15H,1-3H3,(H,32,33). The van der Waals surface area contributed by atoms with Crippen LogP contribution in [0.5, 0.6) is 23.1 Å². The molecule has 1 heterocycles. The zero-order valence-electron chi connectivity index (χ0n) is 20.0. The first-order valence-corrected chi connectivity index (χ1v) is 11.0. The number of ether oxygens (including phenoxy) is 4. The van der Waals surface area contributed by atoms with Crippen molar-refractivity contribution in [3.8, 4) is 23.1 Å². The van der Waals surface area contributed by atoms with Crippen molar-refractivity contribution in [2.45, 2.75) is 19.2 Å². The van der Waals surface area contributed by atoms with Crippen molar-refractivity contribution >= 4 is 22.7 Å². The van der Waals surface area contributed by atoms with Gasteiger partial charge in [-0.2, -0.15) is 13.2 Å². The van der Waals surface area contributed by atoms with E-state index >= 15 is 0 Å². The van der Waals surface area contributed by atoms with E-state index in [4.69, 9.17) is 18.9 Å². The highest BCUT2D eigenvalue weighted by Gasteiger charge is 2.31. The number of carbonyl (C=O) groups is 1. The summed E-state index contributed by atoms with van der Waals surface area (Å²) in [4.78, 5) is 20.7. The fourth-order valence-electron chi connectivity index (χ4n) is 3.50. The molecule has 4 rings (SSSR count). The summed E-state index contributed by atoms with van der Waals surface area (Å²) >= 11 is 0. The number of rotatable bonds is 7. The predicted molar refractivity (Wildman–Crippen MR) is 129 cm³/mol. The van der Waals surface area contributed by atoms with Crippen molar-refractivity contribution in [1.29, 1.82) is 0 Å². The molecular weight excluding hydrogens is 491 g/mol. The van der Waals surface area contributed by atoms with Crippen LogP contribution in [0.2, 0.25) is 0 Å². The SMILES string of the molecule is COc1cc2ncnc(Oc3ccc(NC(=O)OC(C)c4cccc(C(F)(F)F)c4)cc3)c2cc1OC. The van der Waals surface area contributed by atoms with Gasteiger partial charge in [-0.15, -0.1) is 0 Å². The zero-order valence-corrected chi connectivity index (χ0v) is 20.0. The molecule has 0 saturated carbocycles. The van der Waals surface area contributed by atoms with Gasteiger partial charge < -0.3 is 18.9 Å². The normalized spacial score (nSPS) is 12.1. The summed E-state index contributed by atoms with van der Waals surface area (Å²) in [5.74, 6) is 1.74. The van der Waals surface area contributed by atoms with Gasteiger partial charge in [0.05, 0.1) is 30.7 Å². The second kappa shape index (κ2) is 10.6. The number of hydrogen-bond acceptors (Lipinski definition) is 7. The van der Waals surface area contributed by atoms with Gasteiger partial charge in [0, 0.05) is 11.8 Å². The van der Waals surface area contributed by atoms with Crippen molar-refractivity contribution in [3.63, 3.8) is 0 Å². The maximum atomic E-state index is 12.9. The molecule has 3 aromatic carbocycles. The number of hydrogen-bond donors (Lipinski definition) is 1. The molecule has 192 valence electrons. The first kappa shape index (κ1) is 25.5. The van der Waals surface area contributed by atoms with Gasteiger partial charge in [0.2, 0.25) is 5.88 Å². The van der Waals surface area contributed by atoms with E-state index in [1.165, 1.54) is 39.6 Å². The Labute approximate surface area is 210 Å². The highest BCUT2D eigenvalue weighted by atomic mass is 19.4. The van der Waals surface area contributed by atoms with Crippen LogP contribution in [0.3, 0.4) is 0 Å². The number of methoxy groups -OCH3 is 2. The van der Waals surface area contributed by atoms with Crippen molar-refractivity contribution in [2.75, 3.05) is 19.5 Å². The second-order valence-electron chi connectivity index (χ2n) is 7.83. The van der Waals surface area contributed by atoms with E-state index in [1.807, 2.05) is 0 Å². The Kier molecular flexibility index (Phi) is 7.32. The van der Waals surface area contributed by atoms with Gasteiger partial charge in [0.25, 0.3) is 0 Å². The van der Waals surface area contributed by atoms with Gasteiger partial charge in [0.1, 0.15) is 18.2 Å². The highest BCUT2D eigenvalue weighted by Crippen LogP contribution is 2.36. The molecule has 0 bridgehead atoms. The minimum absolute atomic E-state index is 0.222. The molecule has 1 unspecified atom stereocenters. The van der Waals surface area contributed by atoms with Crippen LogP contribution in [0, 0.1) is 0 Å². The van der Waals surface area contributed by atoms with Gasteiger partial charge in [0.15, 0.2) is 11.5 Å². The molecule has 1 aromatic heterocycles.